The van der Waals surface area contributed by atoms with Crippen molar-refractivity contribution >= 4 is 28.6 Å². The van der Waals surface area contributed by atoms with Gasteiger partial charge in [-0.15, -0.1) is 0 Å². The molecule has 0 radical (unpaired) electrons. The van der Waals surface area contributed by atoms with E-state index in [1.165, 1.54) is 25.4 Å². The molecule has 3 heterocycles. The quantitative estimate of drug-likeness (QED) is 0.427. The molecule has 3 aromatic rings. The Balaban J connectivity index is 1.63. The number of halogens is 1. The Labute approximate surface area is 202 Å². The van der Waals surface area contributed by atoms with E-state index in [0.29, 0.717) is 30.7 Å². The summed E-state index contributed by atoms with van der Waals surface area (Å²) < 4.78 is 20.3. The number of hydrogen-bond acceptors (Lipinski definition) is 6. The van der Waals surface area contributed by atoms with Crippen molar-refractivity contribution in [2.24, 2.45) is 12.8 Å². The molecule has 4 rings (SSSR count). The molecule has 184 valence electrons. The lowest BCUT2D eigenvalue weighted by atomic mass is 10.0. The van der Waals surface area contributed by atoms with E-state index in [1.807, 2.05) is 13.8 Å². The molecule has 2 N–H and O–H groups in total. The van der Waals surface area contributed by atoms with Crippen LogP contribution in [-0.2, 0) is 18.4 Å². The number of methoxy groups -OCH3 is 1. The summed E-state index contributed by atoms with van der Waals surface area (Å²) in [7, 11) is 3.11. The van der Waals surface area contributed by atoms with E-state index in [-0.39, 0.29) is 40.8 Å². The number of carbonyl (C=O) groups is 3. The van der Waals surface area contributed by atoms with E-state index >= 15 is 0 Å². The maximum Gasteiger partial charge on any atom is 0.289 e. The molecule has 0 saturated carbocycles. The predicted molar refractivity (Wildman–Crippen MR) is 128 cm³/mol. The van der Waals surface area contributed by atoms with Crippen LogP contribution < -0.4 is 10.5 Å². The number of aromatic nitrogens is 2. The van der Waals surface area contributed by atoms with E-state index in [1.54, 1.807) is 34.7 Å². The molecule has 10 heteroatoms. The van der Waals surface area contributed by atoms with E-state index < -0.39 is 11.7 Å². The zero-order chi connectivity index (χ0) is 25.4. The summed E-state index contributed by atoms with van der Waals surface area (Å²) in [6, 6.07) is 7.89. The fourth-order valence-electron chi connectivity index (χ4n) is 4.58. The first kappa shape index (κ1) is 24.3. The van der Waals surface area contributed by atoms with Gasteiger partial charge in [0.15, 0.2) is 0 Å². The summed E-state index contributed by atoms with van der Waals surface area (Å²) in [5, 5.41) is 0.357. The van der Waals surface area contributed by atoms with Crippen molar-refractivity contribution in [2.45, 2.75) is 32.5 Å². The van der Waals surface area contributed by atoms with Gasteiger partial charge in [0.25, 0.3) is 17.6 Å². The number of nitrogens with zero attached hydrogens (tertiary/aromatic N) is 4. The van der Waals surface area contributed by atoms with Crippen molar-refractivity contribution in [3.05, 3.63) is 59.0 Å². The van der Waals surface area contributed by atoms with Gasteiger partial charge in [-0.3, -0.25) is 19.3 Å². The van der Waals surface area contributed by atoms with Crippen LogP contribution in [0.4, 0.5) is 4.39 Å². The van der Waals surface area contributed by atoms with Crippen molar-refractivity contribution in [1.82, 2.24) is 19.4 Å². The average Bonchev–Trinajstić information content (AvgIpc) is 3.16. The Morgan fingerprint density at radius 1 is 1.11 bits per heavy atom. The normalized spacial score (nSPS) is 18.6. The third kappa shape index (κ3) is 4.61. The highest BCUT2D eigenvalue weighted by molar-refractivity contribution is 6.44. The highest BCUT2D eigenvalue weighted by Gasteiger charge is 2.34. The second kappa shape index (κ2) is 9.46. The number of piperazine rings is 1. The molecule has 2 aromatic heterocycles. The molecule has 0 aliphatic carbocycles. The SMILES string of the molecule is COc1nc2c(cc1C(=O)N1C[C@H](C)N(Cc3ccc(F)cc3)C[C@H]1C)c(C(=O)C(N)=O)cn2C. The van der Waals surface area contributed by atoms with Gasteiger partial charge in [-0.25, -0.2) is 4.39 Å². The third-order valence-corrected chi connectivity index (χ3v) is 6.48. The lowest BCUT2D eigenvalue weighted by molar-refractivity contribution is -0.114. The summed E-state index contributed by atoms with van der Waals surface area (Å²) in [6.45, 7) is 5.73. The number of fused-ring (bicyclic) bond motifs is 1. The van der Waals surface area contributed by atoms with Gasteiger partial charge in [-0.05, 0) is 37.6 Å². The minimum absolute atomic E-state index is 0.0478. The number of Topliss-reactive ketones (excluding diaryl/α,β-unsaturated/α-hetero) is 1. The minimum atomic E-state index is -1.08. The maximum atomic E-state index is 13.7. The third-order valence-electron chi connectivity index (χ3n) is 6.48. The van der Waals surface area contributed by atoms with Gasteiger partial charge in [0.05, 0.1) is 12.7 Å². The van der Waals surface area contributed by atoms with Gasteiger partial charge < -0.3 is 19.9 Å². The molecule has 1 aromatic carbocycles. The summed E-state index contributed by atoms with van der Waals surface area (Å²) in [5.74, 6) is -2.35. The molecular formula is C25H28FN5O4. The van der Waals surface area contributed by atoms with Gasteiger partial charge in [0.1, 0.15) is 17.0 Å². The summed E-state index contributed by atoms with van der Waals surface area (Å²) in [5.41, 5.74) is 6.89. The molecule has 1 saturated heterocycles. The lowest BCUT2D eigenvalue weighted by Gasteiger charge is -2.44. The fraction of sp³-hybridized carbons (Fsp3) is 0.360. The first-order valence-corrected chi connectivity index (χ1v) is 11.3. The molecule has 2 amide bonds. The topological polar surface area (TPSA) is 111 Å². The summed E-state index contributed by atoms with van der Waals surface area (Å²) in [4.78, 5) is 46.0. The van der Waals surface area contributed by atoms with Crippen molar-refractivity contribution < 1.29 is 23.5 Å². The highest BCUT2D eigenvalue weighted by Crippen LogP contribution is 2.29. The Kier molecular flexibility index (Phi) is 6.58. The van der Waals surface area contributed by atoms with E-state index in [2.05, 4.69) is 9.88 Å². The van der Waals surface area contributed by atoms with Crippen LogP contribution in [0.25, 0.3) is 11.0 Å². The van der Waals surface area contributed by atoms with E-state index in [4.69, 9.17) is 10.5 Å². The van der Waals surface area contributed by atoms with E-state index in [0.717, 1.165) is 5.56 Å². The zero-order valence-corrected chi connectivity index (χ0v) is 20.1. The van der Waals surface area contributed by atoms with Crippen LogP contribution in [0.1, 0.15) is 40.1 Å². The van der Waals surface area contributed by atoms with Crippen molar-refractivity contribution in [2.75, 3.05) is 20.2 Å². The van der Waals surface area contributed by atoms with Crippen LogP contribution in [0.15, 0.2) is 36.5 Å². The standard InChI is InChI=1S/C25H28FN5O4/c1-14-11-31(15(2)10-30(14)12-16-5-7-17(26)8-6-16)25(34)19-9-18-20(21(32)22(27)33)13-29(3)23(18)28-24(19)35-4/h5-9,13-15H,10-12H2,1-4H3,(H2,27,33)/t14-,15+/m0/s1. The van der Waals surface area contributed by atoms with Gasteiger partial charge in [0, 0.05) is 50.3 Å². The Bertz CT molecular complexity index is 1300. The molecule has 1 aliphatic heterocycles. The molecule has 1 fully saturated rings. The summed E-state index contributed by atoms with van der Waals surface area (Å²) >= 11 is 0. The fourth-order valence-corrected chi connectivity index (χ4v) is 4.58. The lowest BCUT2D eigenvalue weighted by Crippen LogP contribution is -2.57. The number of ketones is 1. The number of amides is 2. The van der Waals surface area contributed by atoms with Crippen LogP contribution in [0, 0.1) is 5.82 Å². The van der Waals surface area contributed by atoms with Gasteiger partial charge in [-0.2, -0.15) is 4.98 Å². The number of carbonyl (C=O) groups excluding carboxylic acids is 3. The number of hydrogen-bond donors (Lipinski definition) is 1. The Morgan fingerprint density at radius 2 is 1.80 bits per heavy atom. The monoisotopic (exact) mass is 481 g/mol. The molecule has 1 aliphatic rings. The molecule has 35 heavy (non-hydrogen) atoms. The largest absolute Gasteiger partial charge is 0.480 e. The molecule has 0 bridgehead atoms. The van der Waals surface area contributed by atoms with Crippen molar-refractivity contribution in [3.8, 4) is 5.88 Å². The van der Waals surface area contributed by atoms with Crippen LogP contribution in [-0.4, -0.2) is 69.2 Å². The number of primary amides is 1. The Hall–Kier alpha value is -3.79. The van der Waals surface area contributed by atoms with Gasteiger partial charge in [-0.1, -0.05) is 12.1 Å². The highest BCUT2D eigenvalue weighted by atomic mass is 19.1. The second-order valence-electron chi connectivity index (χ2n) is 8.97. The second-order valence-corrected chi connectivity index (χ2v) is 8.97. The Morgan fingerprint density at radius 3 is 2.43 bits per heavy atom. The number of nitrogens with two attached hydrogens (primary N) is 1. The maximum absolute atomic E-state index is 13.7. The summed E-state index contributed by atoms with van der Waals surface area (Å²) in [6.07, 6.45) is 1.47. The van der Waals surface area contributed by atoms with Gasteiger partial charge >= 0.3 is 0 Å². The smallest absolute Gasteiger partial charge is 0.289 e. The average molecular weight is 482 g/mol. The van der Waals surface area contributed by atoms with Crippen molar-refractivity contribution in [3.63, 3.8) is 0 Å². The number of pyridine rings is 1. The molecular weight excluding hydrogens is 453 g/mol. The number of rotatable bonds is 6. The van der Waals surface area contributed by atoms with Crippen LogP contribution in [0.3, 0.4) is 0 Å². The molecule has 0 spiro atoms. The van der Waals surface area contributed by atoms with Gasteiger partial charge in [0.2, 0.25) is 5.88 Å². The molecule has 0 unspecified atom stereocenters. The first-order chi connectivity index (χ1) is 16.6. The molecule has 2 atom stereocenters. The number of aryl methyl sites for hydroxylation is 1. The zero-order valence-electron chi connectivity index (χ0n) is 20.1. The predicted octanol–water partition coefficient (Wildman–Crippen LogP) is 2.12. The number of benzene rings is 1. The van der Waals surface area contributed by atoms with Crippen LogP contribution in [0.2, 0.25) is 0 Å². The van der Waals surface area contributed by atoms with E-state index in [9.17, 15) is 18.8 Å². The number of ether oxygens (including phenoxy) is 1. The minimum Gasteiger partial charge on any atom is -0.480 e. The van der Waals surface area contributed by atoms with Crippen LogP contribution in [0.5, 0.6) is 5.88 Å². The first-order valence-electron chi connectivity index (χ1n) is 11.3. The van der Waals surface area contributed by atoms with Crippen LogP contribution >= 0.6 is 0 Å². The molecule has 9 nitrogen and oxygen atoms in total. The van der Waals surface area contributed by atoms with Crippen molar-refractivity contribution in [1.29, 1.82) is 0 Å².